The summed E-state index contributed by atoms with van der Waals surface area (Å²) < 4.78 is 28.9. The number of nitrogens with one attached hydrogen (secondary N) is 1. The molecule has 6 aromatic rings. The molecule has 2 unspecified atom stereocenters. The molecule has 11 rings (SSSR count). The van der Waals surface area contributed by atoms with Gasteiger partial charge in [0.15, 0.2) is 5.69 Å². The maximum Gasteiger partial charge on any atom is 0.410 e. The molecule has 17 heteroatoms. The molecule has 0 spiro atoms. The summed E-state index contributed by atoms with van der Waals surface area (Å²) in [5.41, 5.74) is 12.3. The van der Waals surface area contributed by atoms with Crippen molar-refractivity contribution >= 4 is 52.6 Å². The monoisotopic (exact) mass is 1060 g/mol. The number of rotatable bonds is 8. The lowest BCUT2D eigenvalue weighted by atomic mass is 9.91. The Morgan fingerprint density at radius 1 is 0.747 bits per heavy atom. The molecule has 3 saturated heterocycles. The second-order valence-corrected chi connectivity index (χ2v) is 21.5. The number of halogens is 2. The molecule has 5 aliphatic rings. The fourth-order valence-electron chi connectivity index (χ4n) is 10.9. The van der Waals surface area contributed by atoms with Gasteiger partial charge < -0.3 is 33.7 Å². The van der Waals surface area contributed by atoms with E-state index in [1.165, 1.54) is 18.4 Å². The Hall–Kier alpha value is -5.75. The Labute approximate surface area is 451 Å². The van der Waals surface area contributed by atoms with E-state index < -0.39 is 5.60 Å². The zero-order valence-corrected chi connectivity index (χ0v) is 46.0. The van der Waals surface area contributed by atoms with Gasteiger partial charge in [0.2, 0.25) is 6.33 Å². The van der Waals surface area contributed by atoms with Gasteiger partial charge in [-0.25, -0.2) is 18.9 Å². The summed E-state index contributed by atoms with van der Waals surface area (Å²) in [6.45, 7) is 14.1. The van der Waals surface area contributed by atoms with Crippen LogP contribution >= 0.6 is 23.2 Å². The molecule has 15 nitrogen and oxygen atoms in total. The van der Waals surface area contributed by atoms with Crippen molar-refractivity contribution in [1.82, 2.24) is 44.1 Å². The van der Waals surface area contributed by atoms with Crippen LogP contribution in [0.1, 0.15) is 114 Å². The summed E-state index contributed by atoms with van der Waals surface area (Å²) in [4.78, 5) is 33.5. The van der Waals surface area contributed by atoms with Crippen LogP contribution in [0.2, 0.25) is 10.0 Å². The number of aromatic nitrogens is 6. The molecule has 2 aliphatic carbocycles. The first-order valence-electron chi connectivity index (χ1n) is 25.9. The Bertz CT molecular complexity index is 2990. The minimum atomic E-state index is -0.522. The van der Waals surface area contributed by atoms with E-state index in [1.807, 2.05) is 106 Å². The van der Waals surface area contributed by atoms with Crippen LogP contribution in [0.3, 0.4) is 0 Å². The van der Waals surface area contributed by atoms with Crippen LogP contribution < -0.4 is 9.88 Å². The molecule has 75 heavy (non-hydrogen) atoms. The fraction of sp³-hybridized carbons (Fsp3) is 0.431. The molecular weight excluding hydrogens is 988 g/mol. The Kier molecular flexibility index (Phi) is 17.3. The molecule has 4 aromatic heterocycles. The Morgan fingerprint density at radius 3 is 1.73 bits per heavy atom. The normalized spacial score (nSPS) is 19.5. The van der Waals surface area contributed by atoms with Crippen molar-refractivity contribution in [2.45, 2.75) is 63.5 Å². The van der Waals surface area contributed by atoms with Gasteiger partial charge in [-0.2, -0.15) is 0 Å². The molecule has 0 saturated carbocycles. The third-order valence-corrected chi connectivity index (χ3v) is 14.8. The molecule has 3 fully saturated rings. The van der Waals surface area contributed by atoms with Crippen molar-refractivity contribution in [3.05, 3.63) is 164 Å². The van der Waals surface area contributed by atoms with Crippen LogP contribution in [0.4, 0.5) is 4.79 Å². The third-order valence-electron chi connectivity index (χ3n) is 14.3. The first-order valence-corrected chi connectivity index (χ1v) is 26.7. The first-order chi connectivity index (χ1) is 36.2. The van der Waals surface area contributed by atoms with Crippen LogP contribution in [0.15, 0.2) is 98.1 Å². The number of hydrogen-bond acceptors (Lipinski definition) is 11. The van der Waals surface area contributed by atoms with Crippen molar-refractivity contribution in [2.24, 2.45) is 21.1 Å². The van der Waals surface area contributed by atoms with Crippen LogP contribution in [0.5, 0.6) is 0 Å². The molecule has 396 valence electrons. The number of methoxy groups -OCH3 is 2. The number of hydrogen-bond donors (Lipinski definition) is 1. The van der Waals surface area contributed by atoms with Gasteiger partial charge in [-0.15, -0.1) is 0 Å². The van der Waals surface area contributed by atoms with Crippen molar-refractivity contribution < 1.29 is 28.3 Å². The van der Waals surface area contributed by atoms with Gasteiger partial charge in [0, 0.05) is 109 Å². The Balaban J connectivity index is 0.000000171. The standard InChI is InChI=1S/C30H37ClN5O3.C24H26ClN5O.C4H8O/c1-30(2,3)39-29(37)36-14-12-35(13-15-36)27-22-10-9-21(31)17-23(22)24(16-20-8-7-11-32-26(20)27)28(38-6)25-18-33(4)19-34(25)5;1-29-15-27-14-21(29)24(31-2)20-12-16-4-3-7-28-22(16)23(30-10-8-26-9-11-30)18-6-5-17(25)13-19(18)20;1-2-4-5-3-1/h7-11,16-19,27-28H,12-15H2,1-6H3;3-7,12-15,23-24,26H,8-11H2,1-2H3;1-4H2/q+1;;/t27-,28?;23-,24?;/m00./s1. The van der Waals surface area contributed by atoms with Gasteiger partial charge in [0.25, 0.3) is 0 Å². The quantitative estimate of drug-likeness (QED) is 0.147. The highest BCUT2D eigenvalue weighted by Crippen LogP contribution is 2.47. The van der Waals surface area contributed by atoms with Gasteiger partial charge in [-0.3, -0.25) is 19.8 Å². The topological polar surface area (TPSA) is 128 Å². The lowest BCUT2D eigenvalue weighted by molar-refractivity contribution is -0.671. The summed E-state index contributed by atoms with van der Waals surface area (Å²) >= 11 is 13.1. The second kappa shape index (κ2) is 24.1. The smallest absolute Gasteiger partial charge is 0.410 e. The molecule has 2 aromatic carbocycles. The number of piperazine rings is 2. The third kappa shape index (κ3) is 12.3. The molecule has 1 N–H and O–H groups in total. The lowest BCUT2D eigenvalue weighted by Crippen LogP contribution is -2.51. The largest absolute Gasteiger partial charge is 0.444 e. The average Bonchev–Trinajstić information content (AvgIpc) is 4.17. The van der Waals surface area contributed by atoms with Gasteiger partial charge in [-0.1, -0.05) is 47.5 Å². The maximum absolute atomic E-state index is 12.7. The van der Waals surface area contributed by atoms with E-state index in [0.717, 1.165) is 101 Å². The molecule has 3 aliphatic heterocycles. The van der Waals surface area contributed by atoms with Gasteiger partial charge in [0.05, 0.1) is 55.8 Å². The number of carbonyl (C=O) groups excluding carboxylic acids is 1. The minimum absolute atomic E-state index is 0.0587. The van der Waals surface area contributed by atoms with E-state index in [4.69, 9.17) is 52.1 Å². The number of imidazole rings is 2. The van der Waals surface area contributed by atoms with E-state index in [9.17, 15) is 4.79 Å². The van der Waals surface area contributed by atoms with Gasteiger partial charge >= 0.3 is 6.09 Å². The Morgan fingerprint density at radius 2 is 1.28 bits per heavy atom. The summed E-state index contributed by atoms with van der Waals surface area (Å²) in [6, 6.07) is 20.4. The molecule has 4 atom stereocenters. The fourth-order valence-corrected chi connectivity index (χ4v) is 11.2. The van der Waals surface area contributed by atoms with E-state index in [2.05, 4.69) is 73.3 Å². The number of fused-ring (bicyclic) bond motifs is 4. The number of aryl methyl sites for hydroxylation is 3. The highest BCUT2D eigenvalue weighted by atomic mass is 35.5. The number of amides is 1. The van der Waals surface area contributed by atoms with Gasteiger partial charge in [0.1, 0.15) is 24.0 Å². The molecule has 0 radical (unpaired) electrons. The van der Waals surface area contributed by atoms with E-state index in [1.54, 1.807) is 25.4 Å². The van der Waals surface area contributed by atoms with Crippen LogP contribution in [-0.4, -0.2) is 130 Å². The number of pyridine rings is 2. The summed E-state index contributed by atoms with van der Waals surface area (Å²) in [6.07, 6.45) is 17.6. The van der Waals surface area contributed by atoms with Gasteiger partial charge in [-0.05, 0) is 127 Å². The minimum Gasteiger partial charge on any atom is -0.444 e. The second-order valence-electron chi connectivity index (χ2n) is 20.6. The van der Waals surface area contributed by atoms with Crippen molar-refractivity contribution in [1.29, 1.82) is 0 Å². The first kappa shape index (κ1) is 54.1. The van der Waals surface area contributed by atoms with Crippen LogP contribution in [-0.2, 0) is 40.1 Å². The summed E-state index contributed by atoms with van der Waals surface area (Å²) in [5, 5.41) is 4.84. The lowest BCUT2D eigenvalue weighted by Gasteiger charge is -2.40. The summed E-state index contributed by atoms with van der Waals surface area (Å²) in [7, 11) is 9.51. The number of benzene rings is 2. The average molecular weight is 1060 g/mol. The SMILES string of the molecule is C1CCOC1.COC(C1=Cc2cccnc2[C@@H](N2CCN(C(=O)OC(C)(C)C)CC2)c2ccc(Cl)cc21)c1c[n+](C)cn1C.COC(C1=Cc2cccnc2[C@@H](N2CCNCC2)c2ccc(Cl)cc21)c1cncn1C. The molecular formula is C58H71Cl2N10O5+. The van der Waals surface area contributed by atoms with Crippen molar-refractivity contribution in [3.8, 4) is 0 Å². The number of ether oxygens (including phenoxy) is 4. The number of carbonyl (C=O) groups is 1. The van der Waals surface area contributed by atoms with Crippen molar-refractivity contribution in [2.75, 3.05) is 79.8 Å². The summed E-state index contributed by atoms with van der Waals surface area (Å²) in [5.74, 6) is 0. The van der Waals surface area contributed by atoms with Crippen LogP contribution in [0, 0.1) is 0 Å². The molecule has 0 bridgehead atoms. The number of nitrogens with zero attached hydrogens (tertiary/aromatic N) is 9. The maximum atomic E-state index is 12.7. The highest BCUT2D eigenvalue weighted by Gasteiger charge is 2.38. The molecule has 7 heterocycles. The predicted octanol–water partition coefficient (Wildman–Crippen LogP) is 9.28. The van der Waals surface area contributed by atoms with Crippen molar-refractivity contribution in [3.63, 3.8) is 0 Å². The molecule has 1 amide bonds. The van der Waals surface area contributed by atoms with E-state index in [-0.39, 0.29) is 30.4 Å². The van der Waals surface area contributed by atoms with E-state index >= 15 is 0 Å². The van der Waals surface area contributed by atoms with E-state index in [0.29, 0.717) is 36.2 Å². The highest BCUT2D eigenvalue weighted by molar-refractivity contribution is 6.31. The zero-order chi connectivity index (χ0) is 52.8. The van der Waals surface area contributed by atoms with Crippen LogP contribution in [0.25, 0.3) is 23.3 Å². The zero-order valence-electron chi connectivity index (χ0n) is 44.5. The predicted molar refractivity (Wildman–Crippen MR) is 294 cm³/mol.